The molecule has 0 atom stereocenters. The molecule has 0 radical (unpaired) electrons. The molecule has 5 heteroatoms. The molecule has 2 rings (SSSR count). The van der Waals surface area contributed by atoms with Crippen molar-refractivity contribution in [3.05, 3.63) is 59.7 Å². The van der Waals surface area contributed by atoms with Gasteiger partial charge in [-0.25, -0.2) is 4.79 Å². The van der Waals surface area contributed by atoms with Crippen LogP contribution in [0, 0.1) is 6.92 Å². The number of nitrogens with one attached hydrogen (secondary N) is 1. The first-order valence-corrected chi connectivity index (χ1v) is 8.34. The number of benzene rings is 2. The molecule has 0 bridgehead atoms. The summed E-state index contributed by atoms with van der Waals surface area (Å²) in [6.45, 7) is 4.06. The van der Waals surface area contributed by atoms with Crippen molar-refractivity contribution in [2.75, 3.05) is 17.7 Å². The topological polar surface area (TPSA) is 55.4 Å². The average molecular weight is 329 g/mol. The number of anilines is 1. The summed E-state index contributed by atoms with van der Waals surface area (Å²) >= 11 is 1.45. The van der Waals surface area contributed by atoms with E-state index in [1.807, 2.05) is 31.2 Å². The second kappa shape index (κ2) is 8.39. The van der Waals surface area contributed by atoms with Gasteiger partial charge in [-0.15, -0.1) is 11.8 Å². The van der Waals surface area contributed by atoms with Crippen LogP contribution in [0.2, 0.25) is 0 Å². The SMILES string of the molecule is CCOC(=O)c1ccccc1NC(=O)CSc1ccc(C)cc1. The van der Waals surface area contributed by atoms with Crippen LogP contribution in [-0.4, -0.2) is 24.2 Å². The average Bonchev–Trinajstić information content (AvgIpc) is 2.55. The molecule has 4 nitrogen and oxygen atoms in total. The van der Waals surface area contributed by atoms with Crippen molar-refractivity contribution in [1.29, 1.82) is 0 Å². The molecular weight excluding hydrogens is 310 g/mol. The Bertz CT molecular complexity index is 683. The quantitative estimate of drug-likeness (QED) is 0.645. The Hall–Kier alpha value is -2.27. The van der Waals surface area contributed by atoms with Crippen LogP contribution in [0.5, 0.6) is 0 Å². The molecule has 0 saturated heterocycles. The van der Waals surface area contributed by atoms with Crippen molar-refractivity contribution < 1.29 is 14.3 Å². The molecule has 1 N–H and O–H groups in total. The second-order valence-corrected chi connectivity index (χ2v) is 5.96. The minimum absolute atomic E-state index is 0.160. The van der Waals surface area contributed by atoms with Crippen LogP contribution in [0.1, 0.15) is 22.8 Å². The maximum atomic E-state index is 12.1. The predicted octanol–water partition coefficient (Wildman–Crippen LogP) is 3.90. The van der Waals surface area contributed by atoms with Crippen LogP contribution in [-0.2, 0) is 9.53 Å². The van der Waals surface area contributed by atoms with E-state index in [-0.39, 0.29) is 11.7 Å². The molecule has 1 amide bonds. The zero-order chi connectivity index (χ0) is 16.7. The zero-order valence-corrected chi connectivity index (χ0v) is 14.0. The molecule has 0 fully saturated rings. The van der Waals surface area contributed by atoms with Crippen molar-refractivity contribution in [3.63, 3.8) is 0 Å². The van der Waals surface area contributed by atoms with E-state index in [2.05, 4.69) is 5.32 Å². The number of aryl methyl sites for hydroxylation is 1. The number of ether oxygens (including phenoxy) is 1. The Morgan fingerprint density at radius 2 is 1.78 bits per heavy atom. The van der Waals surface area contributed by atoms with Crippen LogP contribution < -0.4 is 5.32 Å². The standard InChI is InChI=1S/C18H19NO3S/c1-3-22-18(21)15-6-4-5-7-16(15)19-17(20)12-23-14-10-8-13(2)9-11-14/h4-11H,3,12H2,1-2H3,(H,19,20). The number of hydrogen-bond donors (Lipinski definition) is 1. The summed E-state index contributed by atoms with van der Waals surface area (Å²) in [6.07, 6.45) is 0. The fourth-order valence-electron chi connectivity index (χ4n) is 1.95. The number of amides is 1. The van der Waals surface area contributed by atoms with E-state index in [0.29, 0.717) is 17.9 Å². The fraction of sp³-hybridized carbons (Fsp3) is 0.222. The molecular formula is C18H19NO3S. The van der Waals surface area contributed by atoms with E-state index in [1.54, 1.807) is 31.2 Å². The normalized spacial score (nSPS) is 10.2. The van der Waals surface area contributed by atoms with Gasteiger partial charge in [0.2, 0.25) is 5.91 Å². The monoisotopic (exact) mass is 329 g/mol. The lowest BCUT2D eigenvalue weighted by Crippen LogP contribution is -2.17. The molecule has 0 heterocycles. The second-order valence-electron chi connectivity index (χ2n) is 4.92. The van der Waals surface area contributed by atoms with Crippen LogP contribution in [0.25, 0.3) is 0 Å². The Morgan fingerprint density at radius 1 is 1.09 bits per heavy atom. The highest BCUT2D eigenvalue weighted by Gasteiger charge is 2.13. The summed E-state index contributed by atoms with van der Waals surface area (Å²) in [5.41, 5.74) is 2.02. The van der Waals surface area contributed by atoms with Gasteiger partial charge in [-0.1, -0.05) is 29.8 Å². The summed E-state index contributed by atoms with van der Waals surface area (Å²) in [5, 5.41) is 2.77. The van der Waals surface area contributed by atoms with Crippen LogP contribution in [0.4, 0.5) is 5.69 Å². The van der Waals surface area contributed by atoms with E-state index in [9.17, 15) is 9.59 Å². The first-order chi connectivity index (χ1) is 11.1. The summed E-state index contributed by atoms with van der Waals surface area (Å²) in [6, 6.07) is 14.8. The maximum absolute atomic E-state index is 12.1. The Labute approximate surface area is 140 Å². The van der Waals surface area contributed by atoms with E-state index >= 15 is 0 Å². The van der Waals surface area contributed by atoms with Gasteiger partial charge in [0.15, 0.2) is 0 Å². The summed E-state index contributed by atoms with van der Waals surface area (Å²) in [5.74, 6) is -0.317. The van der Waals surface area contributed by atoms with E-state index in [1.165, 1.54) is 17.3 Å². The Balaban J connectivity index is 1.97. The number of esters is 1. The smallest absolute Gasteiger partial charge is 0.340 e. The van der Waals surface area contributed by atoms with Gasteiger partial charge in [-0.2, -0.15) is 0 Å². The molecule has 0 aliphatic heterocycles. The van der Waals surface area contributed by atoms with Gasteiger partial charge in [-0.3, -0.25) is 4.79 Å². The predicted molar refractivity (Wildman–Crippen MR) is 92.9 cm³/mol. The highest BCUT2D eigenvalue weighted by Crippen LogP contribution is 2.20. The van der Waals surface area contributed by atoms with Crippen molar-refractivity contribution in [2.24, 2.45) is 0 Å². The zero-order valence-electron chi connectivity index (χ0n) is 13.2. The van der Waals surface area contributed by atoms with Gasteiger partial charge in [-0.05, 0) is 38.1 Å². The molecule has 0 spiro atoms. The molecule has 0 saturated carbocycles. The molecule has 0 aliphatic carbocycles. The third-order valence-electron chi connectivity index (χ3n) is 3.09. The van der Waals surface area contributed by atoms with Crippen molar-refractivity contribution in [2.45, 2.75) is 18.7 Å². The van der Waals surface area contributed by atoms with Gasteiger partial charge in [0, 0.05) is 4.90 Å². The molecule has 2 aromatic carbocycles. The molecule has 23 heavy (non-hydrogen) atoms. The number of para-hydroxylation sites is 1. The van der Waals surface area contributed by atoms with Crippen molar-refractivity contribution in [1.82, 2.24) is 0 Å². The largest absolute Gasteiger partial charge is 0.462 e. The molecule has 2 aromatic rings. The molecule has 120 valence electrons. The van der Waals surface area contributed by atoms with Crippen molar-refractivity contribution in [3.8, 4) is 0 Å². The molecule has 0 aromatic heterocycles. The Morgan fingerprint density at radius 3 is 2.48 bits per heavy atom. The third-order valence-corrected chi connectivity index (χ3v) is 4.10. The minimum atomic E-state index is -0.436. The van der Waals surface area contributed by atoms with Crippen LogP contribution >= 0.6 is 11.8 Å². The summed E-state index contributed by atoms with van der Waals surface area (Å²) in [7, 11) is 0. The van der Waals surface area contributed by atoms with Gasteiger partial charge in [0.25, 0.3) is 0 Å². The van der Waals surface area contributed by atoms with Gasteiger partial charge in [0.1, 0.15) is 0 Å². The first-order valence-electron chi connectivity index (χ1n) is 7.35. The van der Waals surface area contributed by atoms with E-state index in [0.717, 1.165) is 4.90 Å². The lowest BCUT2D eigenvalue weighted by atomic mass is 10.2. The number of thioether (sulfide) groups is 1. The first kappa shape index (κ1) is 17.1. The van der Waals surface area contributed by atoms with Gasteiger partial charge >= 0.3 is 5.97 Å². The molecule has 0 unspecified atom stereocenters. The summed E-state index contributed by atoms with van der Waals surface area (Å²) in [4.78, 5) is 25.0. The van der Waals surface area contributed by atoms with Crippen LogP contribution in [0.3, 0.4) is 0 Å². The number of hydrogen-bond acceptors (Lipinski definition) is 4. The lowest BCUT2D eigenvalue weighted by molar-refractivity contribution is -0.113. The number of rotatable bonds is 6. The van der Waals surface area contributed by atoms with Crippen LogP contribution in [0.15, 0.2) is 53.4 Å². The highest BCUT2D eigenvalue weighted by atomic mass is 32.2. The molecule has 0 aliphatic rings. The lowest BCUT2D eigenvalue weighted by Gasteiger charge is -2.10. The van der Waals surface area contributed by atoms with Crippen molar-refractivity contribution >= 4 is 29.3 Å². The maximum Gasteiger partial charge on any atom is 0.340 e. The van der Waals surface area contributed by atoms with E-state index in [4.69, 9.17) is 4.74 Å². The van der Waals surface area contributed by atoms with E-state index < -0.39 is 5.97 Å². The minimum Gasteiger partial charge on any atom is -0.462 e. The highest BCUT2D eigenvalue weighted by molar-refractivity contribution is 8.00. The number of carbonyl (C=O) groups is 2. The Kier molecular flexibility index (Phi) is 6.23. The van der Waals surface area contributed by atoms with Gasteiger partial charge in [0.05, 0.1) is 23.6 Å². The third kappa shape index (κ3) is 5.14. The van der Waals surface area contributed by atoms with Gasteiger partial charge < -0.3 is 10.1 Å². The fourth-order valence-corrected chi connectivity index (χ4v) is 2.65. The number of carbonyl (C=O) groups excluding carboxylic acids is 2. The summed E-state index contributed by atoms with van der Waals surface area (Å²) < 4.78 is 5.00.